The Kier molecular flexibility index (Phi) is 3.70. The van der Waals surface area contributed by atoms with Crippen LogP contribution in [0.15, 0.2) is 36.8 Å². The van der Waals surface area contributed by atoms with Gasteiger partial charge in [-0.3, -0.25) is 14.6 Å². The maximum atomic E-state index is 11.1. The number of nitrogens with one attached hydrogen (secondary N) is 1. The minimum atomic E-state index is -1.37. The lowest BCUT2D eigenvalue weighted by Crippen LogP contribution is -2.22. The summed E-state index contributed by atoms with van der Waals surface area (Å²) in [6, 6.07) is 4.44. The fourth-order valence-corrected chi connectivity index (χ4v) is 2.36. The van der Waals surface area contributed by atoms with Crippen LogP contribution in [-0.4, -0.2) is 30.7 Å². The van der Waals surface area contributed by atoms with Gasteiger partial charge in [-0.05, 0) is 30.4 Å². The summed E-state index contributed by atoms with van der Waals surface area (Å²) in [6.45, 7) is 0. The van der Waals surface area contributed by atoms with Crippen LogP contribution in [0.3, 0.4) is 0 Å². The van der Waals surface area contributed by atoms with E-state index in [0.717, 1.165) is 0 Å². The summed E-state index contributed by atoms with van der Waals surface area (Å²) < 4.78 is 1.83. The van der Waals surface area contributed by atoms with Crippen LogP contribution in [0.4, 0.5) is 0 Å². The fraction of sp³-hybridized carbons (Fsp3) is 0. The van der Waals surface area contributed by atoms with Gasteiger partial charge in [-0.1, -0.05) is 11.6 Å². The molecule has 7 nitrogen and oxygen atoms in total. The second kappa shape index (κ2) is 5.66. The molecule has 0 atom stereocenters. The van der Waals surface area contributed by atoms with Crippen molar-refractivity contribution in [2.75, 3.05) is 0 Å². The molecule has 0 aliphatic carbocycles. The number of nitrogens with zero attached hydrogens (tertiary/aromatic N) is 4. The fourth-order valence-electron chi connectivity index (χ4n) is 1.93. The molecule has 22 heavy (non-hydrogen) atoms. The maximum absolute atomic E-state index is 11.1. The summed E-state index contributed by atoms with van der Waals surface area (Å²) in [5.41, 5.74) is 0.829. The van der Waals surface area contributed by atoms with Gasteiger partial charge in [-0.2, -0.15) is 5.10 Å². The topological polar surface area (TPSA) is 99.5 Å². The maximum Gasteiger partial charge on any atom is 0.200 e. The number of carboxylic acid groups (broad SMARTS) is 1. The average molecular weight is 333 g/mol. The first-order chi connectivity index (χ1) is 10.6. The number of aromatic nitrogens is 5. The number of hydrogen-bond acceptors (Lipinski definition) is 6. The smallest absolute Gasteiger partial charge is 0.200 e. The van der Waals surface area contributed by atoms with Crippen LogP contribution in [0.25, 0.3) is 17.2 Å². The second-order valence-corrected chi connectivity index (χ2v) is 5.02. The van der Waals surface area contributed by atoms with E-state index in [4.69, 9.17) is 23.8 Å². The van der Waals surface area contributed by atoms with Crippen molar-refractivity contribution in [3.63, 3.8) is 0 Å². The van der Waals surface area contributed by atoms with Crippen molar-refractivity contribution in [1.29, 1.82) is 0 Å². The molecule has 2 heterocycles. The van der Waals surface area contributed by atoms with E-state index in [1.54, 1.807) is 10.6 Å². The number of aromatic carboxylic acids is 1. The van der Waals surface area contributed by atoms with Gasteiger partial charge in [-0.25, -0.2) is 4.98 Å². The van der Waals surface area contributed by atoms with E-state index in [0.29, 0.717) is 17.2 Å². The minimum absolute atomic E-state index is 0.0832. The van der Waals surface area contributed by atoms with Gasteiger partial charge in [0, 0.05) is 23.0 Å². The van der Waals surface area contributed by atoms with Crippen LogP contribution in [0.1, 0.15) is 10.4 Å². The molecule has 0 aliphatic rings. The molecule has 2 aromatic heterocycles. The molecule has 3 rings (SSSR count). The third-order valence-electron chi connectivity index (χ3n) is 2.89. The number of halogens is 1. The highest BCUT2D eigenvalue weighted by Gasteiger charge is 2.13. The van der Waals surface area contributed by atoms with Crippen LogP contribution in [0, 0.1) is 4.77 Å². The Balaban J connectivity index is 2.22. The van der Waals surface area contributed by atoms with Gasteiger partial charge >= 0.3 is 0 Å². The van der Waals surface area contributed by atoms with Crippen molar-refractivity contribution >= 4 is 29.8 Å². The first-order valence-corrected chi connectivity index (χ1v) is 6.81. The Morgan fingerprint density at radius 3 is 2.86 bits per heavy atom. The van der Waals surface area contributed by atoms with E-state index >= 15 is 0 Å². The van der Waals surface area contributed by atoms with E-state index in [1.165, 1.54) is 30.7 Å². The SMILES string of the molecule is O=C([O-])c1cc(-n2c(-c3cnccn3)n[nH]c2=S)ccc1Cl. The first kappa shape index (κ1) is 14.4. The first-order valence-electron chi connectivity index (χ1n) is 6.03. The number of hydrogen-bond donors (Lipinski definition) is 1. The number of H-pyrrole nitrogens is 1. The zero-order chi connectivity index (χ0) is 15.7. The minimum Gasteiger partial charge on any atom is -0.545 e. The lowest BCUT2D eigenvalue weighted by Gasteiger charge is -2.10. The molecule has 9 heteroatoms. The highest BCUT2D eigenvalue weighted by atomic mass is 35.5. The predicted molar refractivity (Wildman–Crippen MR) is 79.1 cm³/mol. The number of aromatic amines is 1. The third-order valence-corrected chi connectivity index (χ3v) is 3.50. The van der Waals surface area contributed by atoms with Crippen LogP contribution in [0.2, 0.25) is 5.02 Å². The molecule has 0 aliphatic heterocycles. The van der Waals surface area contributed by atoms with Gasteiger partial charge in [0.05, 0.1) is 17.9 Å². The monoisotopic (exact) mass is 332 g/mol. The summed E-state index contributed by atoms with van der Waals surface area (Å²) in [7, 11) is 0. The van der Waals surface area contributed by atoms with E-state index in [9.17, 15) is 9.90 Å². The highest BCUT2D eigenvalue weighted by molar-refractivity contribution is 7.71. The average Bonchev–Trinajstić information content (AvgIpc) is 2.90. The van der Waals surface area contributed by atoms with Gasteiger partial charge < -0.3 is 9.90 Å². The summed E-state index contributed by atoms with van der Waals surface area (Å²) >= 11 is 11.0. The normalized spacial score (nSPS) is 10.6. The van der Waals surface area contributed by atoms with E-state index in [2.05, 4.69) is 20.2 Å². The van der Waals surface area contributed by atoms with Crippen molar-refractivity contribution in [1.82, 2.24) is 24.7 Å². The Labute approximate surface area is 134 Å². The molecule has 0 radical (unpaired) electrons. The Morgan fingerprint density at radius 2 is 2.18 bits per heavy atom. The van der Waals surface area contributed by atoms with Crippen molar-refractivity contribution in [2.45, 2.75) is 0 Å². The summed E-state index contributed by atoms with van der Waals surface area (Å²) in [5.74, 6) is -0.965. The predicted octanol–water partition coefficient (Wildman–Crippen LogP) is 1.40. The van der Waals surface area contributed by atoms with Crippen LogP contribution in [-0.2, 0) is 0 Å². The highest BCUT2D eigenvalue weighted by Crippen LogP contribution is 2.23. The molecule has 1 N–H and O–H groups in total. The van der Waals surface area contributed by atoms with Crippen LogP contribution >= 0.6 is 23.8 Å². The van der Waals surface area contributed by atoms with E-state index in [1.807, 2.05) is 0 Å². The molecule has 0 amide bonds. The van der Waals surface area contributed by atoms with Crippen LogP contribution < -0.4 is 5.11 Å². The standard InChI is InChI=1S/C13H8ClN5O2S/c14-9-2-1-7(5-8(9)12(20)21)19-11(17-18-13(19)22)10-6-15-3-4-16-10/h1-6H,(H,18,22)(H,20,21)/p-1. The van der Waals surface area contributed by atoms with Crippen molar-refractivity contribution in [3.8, 4) is 17.2 Å². The van der Waals surface area contributed by atoms with E-state index in [-0.39, 0.29) is 15.4 Å². The molecule has 3 aromatic rings. The number of carboxylic acids is 1. The third kappa shape index (κ3) is 2.49. The molecule has 110 valence electrons. The van der Waals surface area contributed by atoms with Gasteiger partial charge in [-0.15, -0.1) is 0 Å². The molecular weight excluding hydrogens is 326 g/mol. The molecule has 0 saturated carbocycles. The van der Waals surface area contributed by atoms with E-state index < -0.39 is 5.97 Å². The number of carbonyl (C=O) groups is 1. The Hall–Kier alpha value is -2.58. The second-order valence-electron chi connectivity index (χ2n) is 4.23. The molecule has 0 saturated heterocycles. The number of rotatable bonds is 3. The largest absolute Gasteiger partial charge is 0.545 e. The quantitative estimate of drug-likeness (QED) is 0.728. The van der Waals surface area contributed by atoms with Crippen molar-refractivity contribution in [3.05, 3.63) is 52.1 Å². The molecule has 1 aromatic carbocycles. The summed E-state index contributed by atoms with van der Waals surface area (Å²) in [5, 5.41) is 17.9. The number of benzene rings is 1. The zero-order valence-corrected chi connectivity index (χ0v) is 12.4. The Bertz CT molecular complexity index is 906. The molecule has 0 bridgehead atoms. The van der Waals surface area contributed by atoms with Gasteiger partial charge in [0.15, 0.2) is 10.6 Å². The van der Waals surface area contributed by atoms with Gasteiger partial charge in [0.25, 0.3) is 0 Å². The van der Waals surface area contributed by atoms with Crippen LogP contribution in [0.5, 0.6) is 0 Å². The summed E-state index contributed by atoms with van der Waals surface area (Å²) in [6.07, 6.45) is 4.58. The molecule has 0 spiro atoms. The summed E-state index contributed by atoms with van der Waals surface area (Å²) in [4.78, 5) is 19.2. The Morgan fingerprint density at radius 1 is 1.36 bits per heavy atom. The molecule has 0 unspecified atom stereocenters. The van der Waals surface area contributed by atoms with Gasteiger partial charge in [0.2, 0.25) is 0 Å². The van der Waals surface area contributed by atoms with Crippen molar-refractivity contribution in [2.24, 2.45) is 0 Å². The van der Waals surface area contributed by atoms with Crippen molar-refractivity contribution < 1.29 is 9.90 Å². The lowest BCUT2D eigenvalue weighted by molar-refractivity contribution is -0.255. The van der Waals surface area contributed by atoms with Gasteiger partial charge in [0.1, 0.15) is 5.69 Å². The zero-order valence-electron chi connectivity index (χ0n) is 10.9. The number of carbonyl (C=O) groups excluding carboxylic acids is 1. The molecule has 0 fully saturated rings. The lowest BCUT2D eigenvalue weighted by atomic mass is 10.2. The molecular formula is C13H7ClN5O2S-.